The molecule has 0 amide bonds. The number of aromatic carboxylic acids is 1. The Morgan fingerprint density at radius 3 is 3.00 bits per heavy atom. The lowest BCUT2D eigenvalue weighted by molar-refractivity contribution is 0.0699. The predicted molar refractivity (Wildman–Crippen MR) is 94.2 cm³/mol. The molecule has 3 aromatic heterocycles. The second kappa shape index (κ2) is 6.23. The molecule has 0 aliphatic carbocycles. The zero-order valence-electron chi connectivity index (χ0n) is 13.0. The quantitative estimate of drug-likeness (QED) is 0.503. The maximum atomic E-state index is 11.5. The van der Waals surface area contributed by atoms with Crippen LogP contribution in [0.2, 0.25) is 0 Å². The summed E-state index contributed by atoms with van der Waals surface area (Å²) in [6.07, 6.45) is 2.78. The molecule has 126 valence electrons. The highest BCUT2D eigenvalue weighted by molar-refractivity contribution is 7.09. The summed E-state index contributed by atoms with van der Waals surface area (Å²) in [6.45, 7) is 0. The van der Waals surface area contributed by atoms with E-state index in [2.05, 4.69) is 29.6 Å². The molecule has 0 aliphatic heterocycles. The first-order valence-electron chi connectivity index (χ1n) is 7.32. The molecule has 0 saturated carbocycles. The van der Waals surface area contributed by atoms with E-state index in [-0.39, 0.29) is 11.4 Å². The van der Waals surface area contributed by atoms with E-state index in [9.17, 15) is 9.90 Å². The molecular weight excluding hydrogens is 354 g/mol. The highest BCUT2D eigenvalue weighted by Crippen LogP contribution is 2.30. The van der Waals surface area contributed by atoms with Gasteiger partial charge < -0.3 is 15.4 Å². The van der Waals surface area contributed by atoms with Crippen LogP contribution in [0.5, 0.6) is 0 Å². The van der Waals surface area contributed by atoms with Gasteiger partial charge in [-0.1, -0.05) is 12.1 Å². The van der Waals surface area contributed by atoms with Gasteiger partial charge in [-0.05, 0) is 12.1 Å². The molecule has 26 heavy (non-hydrogen) atoms. The first kappa shape index (κ1) is 15.7. The van der Waals surface area contributed by atoms with Crippen LogP contribution in [0, 0.1) is 11.3 Å². The summed E-state index contributed by atoms with van der Waals surface area (Å²) in [7, 11) is 0. The fourth-order valence-electron chi connectivity index (χ4n) is 2.54. The Balaban J connectivity index is 1.77. The van der Waals surface area contributed by atoms with E-state index < -0.39 is 5.97 Å². The number of anilines is 2. The molecule has 0 radical (unpaired) electrons. The third-order valence-corrected chi connectivity index (χ3v) is 4.24. The van der Waals surface area contributed by atoms with Gasteiger partial charge in [-0.25, -0.2) is 14.8 Å². The third-order valence-electron chi connectivity index (χ3n) is 3.61. The number of benzene rings is 1. The second-order valence-corrected chi connectivity index (χ2v) is 5.95. The minimum absolute atomic E-state index is 0.101. The lowest BCUT2D eigenvalue weighted by Crippen LogP contribution is -1.97. The van der Waals surface area contributed by atoms with Crippen molar-refractivity contribution in [3.8, 4) is 17.3 Å². The van der Waals surface area contributed by atoms with E-state index in [1.54, 1.807) is 0 Å². The Labute approximate surface area is 150 Å². The normalized spacial score (nSPS) is 10.6. The molecule has 3 heterocycles. The Morgan fingerprint density at radius 2 is 2.23 bits per heavy atom. The van der Waals surface area contributed by atoms with Gasteiger partial charge in [0.05, 0.1) is 16.6 Å². The summed E-state index contributed by atoms with van der Waals surface area (Å²) in [4.78, 5) is 26.7. The van der Waals surface area contributed by atoms with E-state index >= 15 is 0 Å². The Bertz CT molecular complexity index is 1170. The van der Waals surface area contributed by atoms with Gasteiger partial charge in [0.2, 0.25) is 11.0 Å². The van der Waals surface area contributed by atoms with Crippen LogP contribution in [0.4, 0.5) is 10.8 Å². The lowest BCUT2D eigenvalue weighted by Gasteiger charge is -2.07. The number of aromatic nitrogens is 5. The Hall–Kier alpha value is -3.84. The fraction of sp³-hybridized carbons (Fsp3) is 0. The van der Waals surface area contributed by atoms with Gasteiger partial charge in [0.1, 0.15) is 18.0 Å². The van der Waals surface area contributed by atoms with Crippen molar-refractivity contribution in [2.24, 2.45) is 0 Å². The molecule has 10 heteroatoms. The first-order valence-corrected chi connectivity index (χ1v) is 8.09. The minimum Gasteiger partial charge on any atom is -0.478 e. The van der Waals surface area contributed by atoms with E-state index in [1.807, 2.05) is 30.3 Å². The SMILES string of the molecule is N#Cc1nsc(Nc2cccc(-c3ncnc4[nH]cc(C(=O)O)c34)c2)n1. The van der Waals surface area contributed by atoms with Crippen molar-refractivity contribution in [1.29, 1.82) is 5.26 Å². The Kier molecular flexibility index (Phi) is 3.75. The summed E-state index contributed by atoms with van der Waals surface area (Å²) < 4.78 is 3.89. The van der Waals surface area contributed by atoms with E-state index in [0.717, 1.165) is 17.1 Å². The second-order valence-electron chi connectivity index (χ2n) is 5.19. The van der Waals surface area contributed by atoms with Crippen molar-refractivity contribution in [3.63, 3.8) is 0 Å². The van der Waals surface area contributed by atoms with E-state index in [1.165, 1.54) is 12.5 Å². The monoisotopic (exact) mass is 363 g/mol. The number of nitriles is 1. The van der Waals surface area contributed by atoms with Crippen LogP contribution in [-0.2, 0) is 0 Å². The van der Waals surface area contributed by atoms with Crippen molar-refractivity contribution < 1.29 is 9.90 Å². The maximum absolute atomic E-state index is 11.5. The van der Waals surface area contributed by atoms with Crippen molar-refractivity contribution in [2.45, 2.75) is 0 Å². The number of rotatable bonds is 4. The number of nitrogens with zero attached hydrogens (tertiary/aromatic N) is 5. The van der Waals surface area contributed by atoms with Crippen molar-refractivity contribution >= 4 is 39.4 Å². The number of fused-ring (bicyclic) bond motifs is 1. The predicted octanol–water partition coefficient (Wildman–Crippen LogP) is 2.79. The number of carboxylic acid groups (broad SMARTS) is 1. The van der Waals surface area contributed by atoms with E-state index in [0.29, 0.717) is 27.5 Å². The van der Waals surface area contributed by atoms with Crippen molar-refractivity contribution in [3.05, 3.63) is 48.2 Å². The van der Waals surface area contributed by atoms with Crippen LogP contribution >= 0.6 is 11.5 Å². The van der Waals surface area contributed by atoms with Crippen LogP contribution < -0.4 is 5.32 Å². The summed E-state index contributed by atoms with van der Waals surface area (Å²) in [5, 5.41) is 22.2. The number of hydrogen-bond acceptors (Lipinski definition) is 8. The third kappa shape index (κ3) is 2.72. The van der Waals surface area contributed by atoms with Gasteiger partial charge in [-0.15, -0.1) is 0 Å². The summed E-state index contributed by atoms with van der Waals surface area (Å²) in [5.74, 6) is -0.955. The molecule has 0 saturated heterocycles. The molecule has 9 nitrogen and oxygen atoms in total. The molecule has 3 N–H and O–H groups in total. The summed E-state index contributed by atoms with van der Waals surface area (Å²) in [5.41, 5.74) is 2.49. The molecule has 0 unspecified atom stereocenters. The lowest BCUT2D eigenvalue weighted by atomic mass is 10.1. The largest absolute Gasteiger partial charge is 0.478 e. The smallest absolute Gasteiger partial charge is 0.338 e. The van der Waals surface area contributed by atoms with Gasteiger partial charge in [0, 0.05) is 29.0 Å². The van der Waals surface area contributed by atoms with Gasteiger partial charge >= 0.3 is 5.97 Å². The minimum atomic E-state index is -1.06. The van der Waals surface area contributed by atoms with Crippen LogP contribution in [0.3, 0.4) is 0 Å². The van der Waals surface area contributed by atoms with Gasteiger partial charge in [-0.3, -0.25) is 0 Å². The Morgan fingerprint density at radius 1 is 1.35 bits per heavy atom. The number of aromatic amines is 1. The van der Waals surface area contributed by atoms with Crippen LogP contribution in [0.25, 0.3) is 22.3 Å². The topological polar surface area (TPSA) is 140 Å². The first-order chi connectivity index (χ1) is 12.7. The van der Waals surface area contributed by atoms with Gasteiger partial charge in [0.15, 0.2) is 0 Å². The van der Waals surface area contributed by atoms with E-state index in [4.69, 9.17) is 5.26 Å². The number of carbonyl (C=O) groups is 1. The molecule has 0 atom stereocenters. The molecule has 0 fully saturated rings. The maximum Gasteiger partial charge on any atom is 0.338 e. The zero-order chi connectivity index (χ0) is 18.1. The average molecular weight is 363 g/mol. The van der Waals surface area contributed by atoms with Crippen LogP contribution in [0.1, 0.15) is 16.2 Å². The molecule has 0 bridgehead atoms. The number of nitrogens with one attached hydrogen (secondary N) is 2. The number of hydrogen-bond donors (Lipinski definition) is 3. The highest BCUT2D eigenvalue weighted by atomic mass is 32.1. The fourth-order valence-corrected chi connectivity index (χ4v) is 3.08. The average Bonchev–Trinajstić information content (AvgIpc) is 3.28. The molecule has 1 aromatic carbocycles. The van der Waals surface area contributed by atoms with Crippen molar-refractivity contribution in [2.75, 3.05) is 5.32 Å². The standard InChI is InChI=1S/C16H9N7O2S/c17-5-11-22-16(26-23-11)21-9-3-1-2-8(4-9)13-12-10(15(24)25)6-18-14(12)20-7-19-13/h1-4,6-7H,(H,24,25)(H,18,19,20)(H,21,22,23). The molecular formula is C16H9N7O2S. The van der Waals surface area contributed by atoms with Crippen LogP contribution in [-0.4, -0.2) is 35.4 Å². The summed E-state index contributed by atoms with van der Waals surface area (Å²) >= 11 is 1.08. The van der Waals surface area contributed by atoms with Gasteiger partial charge in [-0.2, -0.15) is 14.6 Å². The van der Waals surface area contributed by atoms with Crippen molar-refractivity contribution in [1.82, 2.24) is 24.3 Å². The zero-order valence-corrected chi connectivity index (χ0v) is 13.8. The molecule has 0 aliphatic rings. The molecule has 0 spiro atoms. The number of carboxylic acids is 1. The van der Waals surface area contributed by atoms with Crippen LogP contribution in [0.15, 0.2) is 36.8 Å². The van der Waals surface area contributed by atoms with Gasteiger partial charge in [0.25, 0.3) is 0 Å². The summed E-state index contributed by atoms with van der Waals surface area (Å²) in [6, 6.07) is 9.15. The molecule has 4 rings (SSSR count). The number of H-pyrrole nitrogens is 1. The molecule has 4 aromatic rings. The highest BCUT2D eigenvalue weighted by Gasteiger charge is 2.17.